The van der Waals surface area contributed by atoms with Crippen molar-refractivity contribution in [2.75, 3.05) is 0 Å². The van der Waals surface area contributed by atoms with Gasteiger partial charge in [-0.25, -0.2) is 9.78 Å². The zero-order chi connectivity index (χ0) is 34.6. The minimum atomic E-state index is -0.968. The molecule has 51 heavy (non-hydrogen) atoms. The maximum Gasteiger partial charge on any atom is 0.335 e. The number of ether oxygens (including phenoxy) is 1. The normalized spacial score (nSPS) is 13.4. The van der Waals surface area contributed by atoms with E-state index in [-0.39, 0.29) is 12.2 Å². The first kappa shape index (κ1) is 32.5. The van der Waals surface area contributed by atoms with Gasteiger partial charge >= 0.3 is 5.97 Å². The summed E-state index contributed by atoms with van der Waals surface area (Å²) in [4.78, 5) is 18.3. The number of H-pyrrole nitrogens is 1. The Balaban J connectivity index is 1.07. The molecule has 0 atom stereocenters. The van der Waals surface area contributed by atoms with Crippen molar-refractivity contribution in [2.24, 2.45) is 0 Å². The highest BCUT2D eigenvalue weighted by molar-refractivity contribution is 7.98. The van der Waals surface area contributed by atoms with Crippen LogP contribution in [-0.4, -0.2) is 41.3 Å². The highest BCUT2D eigenvalue weighted by Gasteiger charge is 2.23. The lowest BCUT2D eigenvalue weighted by molar-refractivity contribution is 0.0696. The van der Waals surface area contributed by atoms with Crippen LogP contribution in [0.5, 0.6) is 5.75 Å². The quantitative estimate of drug-likeness (QED) is 0.129. The number of aromatic amines is 1. The van der Waals surface area contributed by atoms with Crippen molar-refractivity contribution in [3.05, 3.63) is 132 Å². The van der Waals surface area contributed by atoms with Gasteiger partial charge in [0.05, 0.1) is 16.6 Å². The molecule has 9 nitrogen and oxygen atoms in total. The number of carboxylic acid groups (broad SMARTS) is 1. The SMILES string of the molecule is O=C(O)c1ccc(-c2ccccc2SCc2ccccc2)c(COc2ccc(-c3nc4cc(-c5nn[nH]n5)ccc4n3C3CCCCC3)cc2)c1. The van der Waals surface area contributed by atoms with Crippen LogP contribution in [0.4, 0.5) is 0 Å². The van der Waals surface area contributed by atoms with Crippen LogP contribution in [0.15, 0.2) is 120 Å². The van der Waals surface area contributed by atoms with E-state index in [2.05, 4.69) is 79.8 Å². The molecule has 1 aliphatic carbocycles. The van der Waals surface area contributed by atoms with Crippen LogP contribution in [-0.2, 0) is 12.4 Å². The van der Waals surface area contributed by atoms with Gasteiger partial charge in [0.1, 0.15) is 18.2 Å². The maximum atomic E-state index is 12.0. The predicted molar refractivity (Wildman–Crippen MR) is 200 cm³/mol. The Morgan fingerprint density at radius 3 is 2.41 bits per heavy atom. The number of thioether (sulfide) groups is 1. The standard InChI is InChI=1S/C41H36N6O3S/c48-41(49)30-17-21-34(35-13-7-8-14-38(35)51-26-27-9-3-1-4-10-27)31(23-30)25-50-33-19-15-28(16-20-33)40-42-36-24-29(39-43-45-46-44-39)18-22-37(36)47(40)32-11-5-2-6-12-32/h1,3-4,7-10,13-24,32H,2,5-6,11-12,25-26H2,(H,48,49)(H,43,44,45,46). The molecular weight excluding hydrogens is 657 g/mol. The van der Waals surface area contributed by atoms with E-state index in [4.69, 9.17) is 9.72 Å². The van der Waals surface area contributed by atoms with Crippen molar-refractivity contribution in [1.82, 2.24) is 30.2 Å². The van der Waals surface area contributed by atoms with Gasteiger partial charge in [-0.2, -0.15) is 5.21 Å². The number of imidazole rings is 1. The first-order valence-corrected chi connectivity index (χ1v) is 18.2. The number of carboxylic acids is 1. The van der Waals surface area contributed by atoms with Gasteiger partial charge in [0.25, 0.3) is 0 Å². The summed E-state index contributed by atoms with van der Waals surface area (Å²) in [6, 6.07) is 38.5. The predicted octanol–water partition coefficient (Wildman–Crippen LogP) is 9.63. The van der Waals surface area contributed by atoms with Crippen molar-refractivity contribution in [2.45, 2.75) is 55.4 Å². The van der Waals surface area contributed by atoms with Crippen LogP contribution in [0.3, 0.4) is 0 Å². The molecule has 0 unspecified atom stereocenters. The molecule has 2 N–H and O–H groups in total. The molecule has 1 aliphatic rings. The summed E-state index contributed by atoms with van der Waals surface area (Å²) in [6.45, 7) is 0.215. The Morgan fingerprint density at radius 2 is 1.63 bits per heavy atom. The number of rotatable bonds is 11. The van der Waals surface area contributed by atoms with Gasteiger partial charge in [-0.05, 0) is 101 Å². The summed E-state index contributed by atoms with van der Waals surface area (Å²) >= 11 is 1.77. The fraction of sp³-hybridized carbons (Fsp3) is 0.195. The Bertz CT molecular complexity index is 2280. The molecule has 0 aliphatic heterocycles. The molecule has 0 saturated heterocycles. The maximum absolute atomic E-state index is 12.0. The van der Waals surface area contributed by atoms with Gasteiger partial charge in [-0.15, -0.1) is 22.0 Å². The second-order valence-electron chi connectivity index (χ2n) is 12.8. The van der Waals surface area contributed by atoms with Crippen LogP contribution in [0, 0.1) is 0 Å². The fourth-order valence-electron chi connectivity index (χ4n) is 6.96. The van der Waals surface area contributed by atoms with E-state index in [0.717, 1.165) is 68.2 Å². The first-order chi connectivity index (χ1) is 25.1. The summed E-state index contributed by atoms with van der Waals surface area (Å²) in [5, 5.41) is 24.4. The lowest BCUT2D eigenvalue weighted by Gasteiger charge is -2.25. The molecule has 1 saturated carbocycles. The van der Waals surface area contributed by atoms with E-state index < -0.39 is 5.97 Å². The zero-order valence-corrected chi connectivity index (χ0v) is 28.7. The summed E-state index contributed by atoms with van der Waals surface area (Å²) < 4.78 is 8.77. The number of tetrazole rings is 1. The third-order valence-electron chi connectivity index (χ3n) is 9.51. The van der Waals surface area contributed by atoms with E-state index >= 15 is 0 Å². The lowest BCUT2D eigenvalue weighted by atomic mass is 9.95. The van der Waals surface area contributed by atoms with Gasteiger partial charge in [-0.3, -0.25) is 0 Å². The topological polar surface area (TPSA) is 119 Å². The Morgan fingerprint density at radius 1 is 0.843 bits per heavy atom. The van der Waals surface area contributed by atoms with Crippen LogP contribution in [0.25, 0.3) is 44.9 Å². The molecule has 5 aromatic carbocycles. The van der Waals surface area contributed by atoms with E-state index in [1.165, 1.54) is 24.8 Å². The lowest BCUT2D eigenvalue weighted by Crippen LogP contribution is -2.14. The summed E-state index contributed by atoms with van der Waals surface area (Å²) in [5.74, 6) is 2.02. The van der Waals surface area contributed by atoms with Gasteiger partial charge in [0.15, 0.2) is 0 Å². The van der Waals surface area contributed by atoms with Crippen LogP contribution in [0.2, 0.25) is 0 Å². The second kappa shape index (κ2) is 14.6. The smallest absolute Gasteiger partial charge is 0.335 e. The van der Waals surface area contributed by atoms with Crippen molar-refractivity contribution < 1.29 is 14.6 Å². The largest absolute Gasteiger partial charge is 0.489 e. The molecule has 8 rings (SSSR count). The number of carbonyl (C=O) groups is 1. The summed E-state index contributed by atoms with van der Waals surface area (Å²) in [7, 11) is 0. The molecule has 0 spiro atoms. The summed E-state index contributed by atoms with van der Waals surface area (Å²) in [6.07, 6.45) is 5.93. The molecule has 0 bridgehead atoms. The van der Waals surface area contributed by atoms with Crippen LogP contribution in [0.1, 0.15) is 59.6 Å². The van der Waals surface area contributed by atoms with E-state index in [1.54, 1.807) is 23.9 Å². The highest BCUT2D eigenvalue weighted by atomic mass is 32.2. The molecule has 10 heteroatoms. The van der Waals surface area contributed by atoms with E-state index in [1.807, 2.05) is 48.5 Å². The average Bonchev–Trinajstić information content (AvgIpc) is 3.86. The number of nitrogens with one attached hydrogen (secondary N) is 1. The average molecular weight is 693 g/mol. The first-order valence-electron chi connectivity index (χ1n) is 17.2. The third kappa shape index (κ3) is 7.00. The minimum Gasteiger partial charge on any atom is -0.489 e. The highest BCUT2D eigenvalue weighted by Crippen LogP contribution is 2.38. The Labute approximate surface area is 299 Å². The molecule has 2 heterocycles. The fourth-order valence-corrected chi connectivity index (χ4v) is 7.98. The second-order valence-corrected chi connectivity index (χ2v) is 13.8. The van der Waals surface area contributed by atoms with Crippen molar-refractivity contribution in [3.63, 3.8) is 0 Å². The Hall–Kier alpha value is -5.74. The van der Waals surface area contributed by atoms with Gasteiger partial charge in [-0.1, -0.05) is 73.9 Å². The number of nitrogens with zero attached hydrogens (tertiary/aromatic N) is 5. The zero-order valence-electron chi connectivity index (χ0n) is 27.9. The molecular formula is C41H36N6O3S. The molecule has 254 valence electrons. The third-order valence-corrected chi connectivity index (χ3v) is 10.7. The Kier molecular flexibility index (Phi) is 9.31. The number of aromatic carboxylic acids is 1. The molecule has 2 aromatic heterocycles. The number of fused-ring (bicyclic) bond motifs is 1. The number of aromatic nitrogens is 6. The number of hydrogen-bond acceptors (Lipinski definition) is 7. The van der Waals surface area contributed by atoms with Crippen molar-refractivity contribution in [1.29, 1.82) is 0 Å². The van der Waals surface area contributed by atoms with Crippen molar-refractivity contribution in [3.8, 4) is 39.7 Å². The van der Waals surface area contributed by atoms with Gasteiger partial charge in [0.2, 0.25) is 5.82 Å². The van der Waals surface area contributed by atoms with Gasteiger partial charge in [0, 0.05) is 27.8 Å². The number of benzene rings is 5. The molecule has 1 fully saturated rings. The van der Waals surface area contributed by atoms with E-state index in [0.29, 0.717) is 17.6 Å². The van der Waals surface area contributed by atoms with E-state index in [9.17, 15) is 9.90 Å². The molecule has 0 amide bonds. The van der Waals surface area contributed by atoms with Crippen LogP contribution < -0.4 is 4.74 Å². The van der Waals surface area contributed by atoms with Crippen molar-refractivity contribution >= 4 is 28.8 Å². The van der Waals surface area contributed by atoms with Gasteiger partial charge < -0.3 is 14.4 Å². The summed E-state index contributed by atoms with van der Waals surface area (Å²) in [5.41, 5.74) is 8.14. The molecule has 0 radical (unpaired) electrons. The molecule has 7 aromatic rings. The minimum absolute atomic E-state index is 0.215. The number of hydrogen-bond donors (Lipinski definition) is 2. The monoisotopic (exact) mass is 692 g/mol. The van der Waals surface area contributed by atoms with Crippen LogP contribution >= 0.6 is 11.8 Å².